The van der Waals surface area contributed by atoms with Gasteiger partial charge < -0.3 is 4.74 Å². The van der Waals surface area contributed by atoms with E-state index in [4.69, 9.17) is 4.74 Å². The quantitative estimate of drug-likeness (QED) is 0.326. The first-order valence-electron chi connectivity index (χ1n) is 9.21. The third-order valence-corrected chi connectivity index (χ3v) is 5.77. The number of hydrogen-bond acceptors (Lipinski definition) is 8. The molecule has 0 atom stereocenters. The molecule has 10 nitrogen and oxygen atoms in total. The van der Waals surface area contributed by atoms with E-state index in [-0.39, 0.29) is 5.69 Å². The molecule has 0 spiro atoms. The number of nitrogens with zero attached hydrogens (tertiary/aromatic N) is 6. The van der Waals surface area contributed by atoms with Gasteiger partial charge in [0.05, 0.1) is 23.4 Å². The smallest absolute Gasteiger partial charge is 0.272 e. The first-order valence-corrected chi connectivity index (χ1v) is 10.0. The van der Waals surface area contributed by atoms with Crippen molar-refractivity contribution < 1.29 is 9.66 Å². The number of nitro benzene ring substituents is 1. The average molecular weight is 433 g/mol. The lowest BCUT2D eigenvalue weighted by Crippen LogP contribution is -1.95. The number of fused-ring (bicyclic) bond motifs is 1. The van der Waals surface area contributed by atoms with Crippen LogP contribution in [0.25, 0.3) is 38.3 Å². The van der Waals surface area contributed by atoms with Gasteiger partial charge in [-0.25, -0.2) is 0 Å². The SMILES string of the molecule is COc1ccc(-c2cc(-c3nn4c(-c5ccc([N+](=O)[O-])c(C)c5)nnc4s3)[nH]n2)cc1. The standard InChI is InChI=1S/C20H15N7O3S/c1-11-9-13(5-8-17(11)27(28)29)18-23-24-20-26(18)25-19(31-20)16-10-15(21-22-16)12-3-6-14(30-2)7-4-12/h3-10H,1-2H3,(H,21,22). The van der Waals surface area contributed by atoms with Gasteiger partial charge in [-0.15, -0.1) is 10.2 Å². The number of aromatic amines is 1. The number of H-pyrrole nitrogens is 1. The lowest BCUT2D eigenvalue weighted by atomic mass is 10.1. The Balaban J connectivity index is 1.49. The third kappa shape index (κ3) is 3.30. The molecule has 0 radical (unpaired) electrons. The number of methoxy groups -OCH3 is 1. The fraction of sp³-hybridized carbons (Fsp3) is 0.100. The minimum atomic E-state index is -0.405. The molecule has 0 bridgehead atoms. The van der Waals surface area contributed by atoms with Crippen molar-refractivity contribution in [3.05, 3.63) is 64.2 Å². The second kappa shape index (κ2) is 7.29. The lowest BCUT2D eigenvalue weighted by molar-refractivity contribution is -0.385. The number of nitrogens with one attached hydrogen (secondary N) is 1. The van der Waals surface area contributed by atoms with Gasteiger partial charge in [-0.2, -0.15) is 14.7 Å². The summed E-state index contributed by atoms with van der Waals surface area (Å²) in [5.41, 5.74) is 3.81. The highest BCUT2D eigenvalue weighted by Gasteiger charge is 2.18. The zero-order chi connectivity index (χ0) is 21.5. The Morgan fingerprint density at radius 3 is 2.58 bits per heavy atom. The molecule has 154 valence electrons. The number of hydrogen-bond donors (Lipinski definition) is 1. The molecule has 31 heavy (non-hydrogen) atoms. The Hall–Kier alpha value is -4.12. The zero-order valence-electron chi connectivity index (χ0n) is 16.4. The lowest BCUT2D eigenvalue weighted by Gasteiger charge is -2.00. The van der Waals surface area contributed by atoms with E-state index >= 15 is 0 Å². The fourth-order valence-corrected chi connectivity index (χ4v) is 4.05. The number of benzene rings is 2. The van der Waals surface area contributed by atoms with Crippen molar-refractivity contribution in [1.82, 2.24) is 30.0 Å². The van der Waals surface area contributed by atoms with E-state index in [0.29, 0.717) is 26.9 Å². The topological polar surface area (TPSA) is 124 Å². The summed E-state index contributed by atoms with van der Waals surface area (Å²) in [6.45, 7) is 1.69. The summed E-state index contributed by atoms with van der Waals surface area (Å²) in [5.74, 6) is 1.30. The van der Waals surface area contributed by atoms with Crippen LogP contribution in [-0.2, 0) is 0 Å². The van der Waals surface area contributed by atoms with E-state index in [2.05, 4.69) is 25.5 Å². The summed E-state index contributed by atoms with van der Waals surface area (Å²) >= 11 is 1.37. The van der Waals surface area contributed by atoms with E-state index in [0.717, 1.165) is 22.7 Å². The van der Waals surface area contributed by atoms with E-state index in [9.17, 15) is 10.1 Å². The zero-order valence-corrected chi connectivity index (χ0v) is 17.3. The normalized spacial score (nSPS) is 11.2. The first-order chi connectivity index (χ1) is 15.0. The summed E-state index contributed by atoms with van der Waals surface area (Å²) in [7, 11) is 1.63. The largest absolute Gasteiger partial charge is 0.497 e. The summed E-state index contributed by atoms with van der Waals surface area (Å²) in [4.78, 5) is 11.3. The van der Waals surface area contributed by atoms with Gasteiger partial charge in [0, 0.05) is 22.8 Å². The van der Waals surface area contributed by atoms with Crippen LogP contribution in [0.1, 0.15) is 5.56 Å². The van der Waals surface area contributed by atoms with Crippen LogP contribution in [-0.4, -0.2) is 42.0 Å². The number of aryl methyl sites for hydroxylation is 1. The van der Waals surface area contributed by atoms with E-state index in [1.54, 1.807) is 30.7 Å². The molecule has 0 aliphatic heterocycles. The molecule has 3 heterocycles. The Morgan fingerprint density at radius 1 is 1.10 bits per heavy atom. The van der Waals surface area contributed by atoms with Crippen LogP contribution in [0, 0.1) is 17.0 Å². The summed E-state index contributed by atoms with van der Waals surface area (Å²) in [6.07, 6.45) is 0. The van der Waals surface area contributed by atoms with Crippen LogP contribution in [0.15, 0.2) is 48.5 Å². The van der Waals surface area contributed by atoms with Crippen LogP contribution in [0.3, 0.4) is 0 Å². The van der Waals surface area contributed by atoms with Crippen molar-refractivity contribution in [3.63, 3.8) is 0 Å². The molecule has 3 aromatic heterocycles. The molecular formula is C20H15N7O3S. The Morgan fingerprint density at radius 2 is 1.87 bits per heavy atom. The van der Waals surface area contributed by atoms with E-state index in [1.807, 2.05) is 30.3 Å². The van der Waals surface area contributed by atoms with E-state index in [1.165, 1.54) is 17.4 Å². The summed E-state index contributed by atoms with van der Waals surface area (Å²) < 4.78 is 6.83. The number of aromatic nitrogens is 6. The maximum absolute atomic E-state index is 11.1. The van der Waals surface area contributed by atoms with Crippen molar-refractivity contribution in [2.24, 2.45) is 0 Å². The van der Waals surface area contributed by atoms with Gasteiger partial charge in [0.2, 0.25) is 4.96 Å². The second-order valence-electron chi connectivity index (χ2n) is 6.78. The van der Waals surface area contributed by atoms with Crippen LogP contribution in [0.5, 0.6) is 5.75 Å². The molecular weight excluding hydrogens is 418 g/mol. The van der Waals surface area contributed by atoms with Gasteiger partial charge in [-0.05, 0) is 49.4 Å². The summed E-state index contributed by atoms with van der Waals surface area (Å²) in [5, 5.41) is 32.2. The van der Waals surface area contributed by atoms with Crippen LogP contribution in [0.4, 0.5) is 5.69 Å². The van der Waals surface area contributed by atoms with E-state index < -0.39 is 4.92 Å². The molecule has 2 aromatic carbocycles. The molecule has 5 rings (SSSR count). The van der Waals surface area contributed by atoms with Crippen molar-refractivity contribution in [2.45, 2.75) is 6.92 Å². The molecule has 0 unspecified atom stereocenters. The minimum absolute atomic E-state index is 0.0620. The van der Waals surface area contributed by atoms with Crippen molar-refractivity contribution in [3.8, 4) is 39.1 Å². The van der Waals surface area contributed by atoms with Crippen molar-refractivity contribution >= 4 is 22.0 Å². The third-order valence-electron chi connectivity index (χ3n) is 4.84. The molecule has 11 heteroatoms. The highest BCUT2D eigenvalue weighted by Crippen LogP contribution is 2.31. The molecule has 0 fully saturated rings. The highest BCUT2D eigenvalue weighted by atomic mass is 32.1. The van der Waals surface area contributed by atoms with Gasteiger partial charge >= 0.3 is 0 Å². The van der Waals surface area contributed by atoms with Gasteiger partial charge in [-0.1, -0.05) is 11.3 Å². The maximum Gasteiger partial charge on any atom is 0.272 e. The summed E-state index contributed by atoms with van der Waals surface area (Å²) in [6, 6.07) is 14.4. The maximum atomic E-state index is 11.1. The van der Waals surface area contributed by atoms with Gasteiger partial charge in [0.25, 0.3) is 5.69 Å². The molecule has 0 saturated heterocycles. The Labute approximate surface area is 179 Å². The van der Waals surface area contributed by atoms with Gasteiger partial charge in [-0.3, -0.25) is 15.2 Å². The predicted molar refractivity (Wildman–Crippen MR) is 115 cm³/mol. The van der Waals surface area contributed by atoms with Crippen LogP contribution in [0.2, 0.25) is 0 Å². The van der Waals surface area contributed by atoms with Gasteiger partial charge in [0.15, 0.2) is 10.8 Å². The predicted octanol–water partition coefficient (Wildman–Crippen LogP) is 4.14. The average Bonchev–Trinajstić information content (AvgIpc) is 3.49. The molecule has 0 amide bonds. The molecule has 5 aromatic rings. The highest BCUT2D eigenvalue weighted by molar-refractivity contribution is 7.19. The second-order valence-corrected chi connectivity index (χ2v) is 7.73. The Kier molecular flexibility index (Phi) is 4.44. The molecule has 0 aliphatic carbocycles. The molecule has 0 aliphatic rings. The number of ether oxygens (including phenoxy) is 1. The van der Waals surface area contributed by atoms with Crippen LogP contribution >= 0.6 is 11.3 Å². The molecule has 1 N–H and O–H groups in total. The minimum Gasteiger partial charge on any atom is -0.497 e. The first kappa shape index (κ1) is 18.9. The Bertz CT molecular complexity index is 1420. The molecule has 0 saturated carbocycles. The monoisotopic (exact) mass is 433 g/mol. The van der Waals surface area contributed by atoms with Crippen molar-refractivity contribution in [2.75, 3.05) is 7.11 Å². The number of rotatable bonds is 5. The number of nitro groups is 1. The van der Waals surface area contributed by atoms with Crippen molar-refractivity contribution in [1.29, 1.82) is 0 Å². The fourth-order valence-electron chi connectivity index (χ4n) is 3.25. The van der Waals surface area contributed by atoms with Gasteiger partial charge in [0.1, 0.15) is 5.75 Å². The van der Waals surface area contributed by atoms with Crippen LogP contribution < -0.4 is 4.74 Å².